The Morgan fingerprint density at radius 1 is 0.941 bits per heavy atom. The SMILES string of the molecule is C=CCOC(=O)NCC[C@@H](O)[C@@H]1NC(=O)[C@H]([C@H](O)Cc2ccc(O)c(OSOO[O-])c2)NC(=O)[C@@H]2C[C@@H](O)CN2C(=O)[C@H]([C@@H](C)O)NC(=O)C(N)C[C@@H](O)CNC(=O)[C@@H]2[C@@H](O)[C@@H](C)CN2C1=O.[Na+]. The van der Waals surface area contributed by atoms with Crippen LogP contribution in [0.3, 0.4) is 0 Å². The summed E-state index contributed by atoms with van der Waals surface area (Å²) in [7, 11) is 0. The maximum absolute atomic E-state index is 14.6. The van der Waals surface area contributed by atoms with Gasteiger partial charge in [-0.25, -0.2) is 4.79 Å². The number of carbonyl (C=O) groups excluding carboxylic acids is 7. The predicted octanol–water partition coefficient (Wildman–Crippen LogP) is -9.66. The van der Waals surface area contributed by atoms with Crippen LogP contribution in [0.5, 0.6) is 11.5 Å². The van der Waals surface area contributed by atoms with Crippen molar-refractivity contribution < 1.29 is 122 Å². The number of nitrogens with one attached hydrogen (secondary N) is 5. The molecular weight excluding hydrogens is 940 g/mol. The number of aliphatic hydroxyl groups excluding tert-OH is 6. The number of aromatic hydroxyl groups is 1. The van der Waals surface area contributed by atoms with Crippen LogP contribution >= 0.6 is 12.3 Å². The second kappa shape index (κ2) is 27.1. The van der Waals surface area contributed by atoms with E-state index < -0.39 is 165 Å². The molecule has 1 unspecified atom stereocenters. The molecule has 29 heteroatoms. The number of phenolic OH excluding ortho intramolecular Hbond substituents is 1. The van der Waals surface area contributed by atoms with E-state index in [0.717, 1.165) is 28.9 Å². The van der Waals surface area contributed by atoms with Crippen LogP contribution in [-0.4, -0.2) is 193 Å². The van der Waals surface area contributed by atoms with Gasteiger partial charge in [0.15, 0.2) is 11.5 Å². The number of amides is 7. The number of nitrogens with two attached hydrogens (primary N) is 1. The van der Waals surface area contributed by atoms with Crippen LogP contribution in [0.4, 0.5) is 4.79 Å². The van der Waals surface area contributed by atoms with Crippen LogP contribution in [0, 0.1) is 5.92 Å². The molecule has 3 heterocycles. The Labute approximate surface area is 415 Å². The van der Waals surface area contributed by atoms with E-state index in [4.69, 9.17) is 14.7 Å². The van der Waals surface area contributed by atoms with Gasteiger partial charge < -0.3 is 92.0 Å². The monoisotopic (exact) mass is 996 g/mol. The molecule has 0 aromatic heterocycles. The largest absolute Gasteiger partial charge is 1.00 e. The van der Waals surface area contributed by atoms with Crippen LogP contribution < -0.4 is 71.3 Å². The summed E-state index contributed by atoms with van der Waals surface area (Å²) in [6, 6.07) is -7.34. The molecule has 0 saturated carbocycles. The number of alkyl carbamates (subject to hydrolysis) is 1. The first-order valence-corrected chi connectivity index (χ1v) is 21.6. The summed E-state index contributed by atoms with van der Waals surface area (Å²) in [6.45, 7) is 4.11. The Morgan fingerprint density at radius 2 is 1.60 bits per heavy atom. The molecule has 0 aliphatic carbocycles. The van der Waals surface area contributed by atoms with Gasteiger partial charge in [0.2, 0.25) is 35.4 Å². The van der Waals surface area contributed by atoms with Crippen molar-refractivity contribution in [1.82, 2.24) is 36.4 Å². The average molecular weight is 997 g/mol. The normalized spacial score (nSPS) is 29.0. The topological polar surface area (TPSA) is 414 Å². The zero-order chi connectivity index (χ0) is 49.7. The minimum absolute atomic E-state index is 0. The summed E-state index contributed by atoms with van der Waals surface area (Å²) in [6.07, 6.45) is -11.6. The summed E-state index contributed by atoms with van der Waals surface area (Å²) in [4.78, 5) is 98.1. The smallest absolute Gasteiger partial charge is 0.691 e. The van der Waals surface area contributed by atoms with Gasteiger partial charge in [0, 0.05) is 44.9 Å². The van der Waals surface area contributed by atoms with Crippen molar-refractivity contribution >= 4 is 53.9 Å². The van der Waals surface area contributed by atoms with Crippen LogP contribution in [-0.2, 0) is 49.3 Å². The number of phenols is 1. The summed E-state index contributed by atoms with van der Waals surface area (Å²) in [5, 5.41) is 102. The summed E-state index contributed by atoms with van der Waals surface area (Å²) >= 11 is 0.0119. The average Bonchev–Trinajstić information content (AvgIpc) is 3.82. The Hall–Kier alpha value is -4.40. The molecule has 0 bridgehead atoms. The molecule has 68 heavy (non-hydrogen) atoms. The molecule has 3 aliphatic rings. The molecule has 3 aliphatic heterocycles. The molecular formula is C39H57N8NaO19S. The second-order valence-corrected chi connectivity index (χ2v) is 16.7. The van der Waals surface area contributed by atoms with Gasteiger partial charge in [0.25, 0.3) is 12.3 Å². The quantitative estimate of drug-likeness (QED) is 0.0206. The van der Waals surface area contributed by atoms with Crippen molar-refractivity contribution in [2.24, 2.45) is 11.7 Å². The van der Waals surface area contributed by atoms with Crippen molar-refractivity contribution in [3.05, 3.63) is 36.4 Å². The fourth-order valence-corrected chi connectivity index (χ4v) is 7.93. The van der Waals surface area contributed by atoms with Crippen molar-refractivity contribution in [1.29, 1.82) is 0 Å². The zero-order valence-electron chi connectivity index (χ0n) is 37.3. The third kappa shape index (κ3) is 15.6. The third-order valence-electron chi connectivity index (χ3n) is 11.2. The molecule has 7 amide bonds. The molecule has 374 valence electrons. The molecule has 4 rings (SSSR count). The summed E-state index contributed by atoms with van der Waals surface area (Å²) in [5.41, 5.74) is 6.14. The zero-order valence-corrected chi connectivity index (χ0v) is 40.1. The van der Waals surface area contributed by atoms with Gasteiger partial charge in [-0.15, -0.1) is 4.33 Å². The van der Waals surface area contributed by atoms with Crippen molar-refractivity contribution in [2.75, 3.05) is 32.8 Å². The van der Waals surface area contributed by atoms with E-state index in [2.05, 4.69) is 42.5 Å². The van der Waals surface area contributed by atoms with E-state index in [1.54, 1.807) is 0 Å². The van der Waals surface area contributed by atoms with E-state index in [-0.39, 0.29) is 72.9 Å². The number of β-amino-alcohol motifs (C(OH)–C–C–N with tert-alkyl or cyclic N) is 1. The molecule has 3 saturated heterocycles. The first kappa shape index (κ1) is 57.9. The number of fused-ring (bicyclic) bond motifs is 2. The first-order valence-electron chi connectivity index (χ1n) is 21.0. The van der Waals surface area contributed by atoms with E-state index >= 15 is 0 Å². The Kier molecular flexibility index (Phi) is 23.1. The van der Waals surface area contributed by atoms with Crippen molar-refractivity contribution in [2.45, 2.75) is 112 Å². The van der Waals surface area contributed by atoms with Crippen LogP contribution in [0.1, 0.15) is 38.7 Å². The van der Waals surface area contributed by atoms with Gasteiger partial charge in [-0.05, 0) is 37.5 Å². The maximum atomic E-state index is 14.6. The molecule has 14 N–H and O–H groups in total. The Morgan fingerprint density at radius 3 is 2.26 bits per heavy atom. The number of hydrogen-bond acceptors (Lipinski definition) is 21. The third-order valence-corrected chi connectivity index (χ3v) is 11.5. The van der Waals surface area contributed by atoms with Crippen LogP contribution in [0.2, 0.25) is 0 Å². The minimum atomic E-state index is -2.12. The van der Waals surface area contributed by atoms with Crippen LogP contribution in [0.25, 0.3) is 0 Å². The molecule has 3 fully saturated rings. The van der Waals surface area contributed by atoms with Gasteiger partial charge >= 0.3 is 35.7 Å². The van der Waals surface area contributed by atoms with Gasteiger partial charge in [-0.3, -0.25) is 33.8 Å². The molecule has 27 nitrogen and oxygen atoms in total. The van der Waals surface area contributed by atoms with E-state index in [1.807, 2.05) is 0 Å². The van der Waals surface area contributed by atoms with E-state index in [1.165, 1.54) is 19.1 Å². The fraction of sp³-hybridized carbons (Fsp3) is 0.615. The van der Waals surface area contributed by atoms with Crippen molar-refractivity contribution in [3.63, 3.8) is 0 Å². The number of carbonyl (C=O) groups is 7. The maximum Gasteiger partial charge on any atom is 1.00 e. The molecule has 0 radical (unpaired) electrons. The van der Waals surface area contributed by atoms with Gasteiger partial charge in [-0.1, -0.05) is 25.6 Å². The Balaban J connectivity index is 0.0000122. The minimum Gasteiger partial charge on any atom is -0.691 e. The number of ether oxygens (including phenoxy) is 1. The number of rotatable bonds is 14. The summed E-state index contributed by atoms with van der Waals surface area (Å²) in [5.74, 6) is -8.43. The van der Waals surface area contributed by atoms with E-state index in [0.29, 0.717) is 0 Å². The summed E-state index contributed by atoms with van der Waals surface area (Å²) < 4.78 is 14.0. The van der Waals surface area contributed by atoms with Gasteiger partial charge in [0.1, 0.15) is 36.8 Å². The number of nitrogens with zero attached hydrogens (tertiary/aromatic N) is 2. The van der Waals surface area contributed by atoms with E-state index in [9.17, 15) is 74.6 Å². The number of aliphatic hydroxyl groups is 6. The Bertz CT molecular complexity index is 1940. The molecule has 0 spiro atoms. The molecule has 1 aromatic carbocycles. The second-order valence-electron chi connectivity index (χ2n) is 16.3. The number of benzene rings is 1. The number of hydrogen-bond donors (Lipinski definition) is 13. The van der Waals surface area contributed by atoms with Gasteiger partial charge in [0.05, 0.1) is 42.7 Å². The molecule has 13 atom stereocenters. The van der Waals surface area contributed by atoms with Gasteiger partial charge in [-0.2, -0.15) is 0 Å². The predicted molar refractivity (Wildman–Crippen MR) is 224 cm³/mol. The first-order chi connectivity index (χ1) is 31.7. The van der Waals surface area contributed by atoms with Crippen molar-refractivity contribution in [3.8, 4) is 11.5 Å². The van der Waals surface area contributed by atoms with Crippen LogP contribution in [0.15, 0.2) is 30.9 Å². The molecule has 1 aromatic rings. The standard InChI is InChI=1S/C39H58N8O19S.Na/c1-4-9-63-39(61)41-8-7-25(52)30-38(60)47-15-17(2)32(54)31(47)36(58)42-14-20(49)12-22(40)33(55)43-28(18(3)48)37(59)46-16-21(50)13-23(46)34(56)44-29(35(57)45-30)26(53)10-19-5-6-24(51)27(11-19)64-67-66-65-62;/h4-6,11,17-18,20-23,25-26,28-32,48-54,62H,1,7-10,12-16,40H2,2-3H3,(H,41,61)(H,42,58)(H,43,55)(H,44,56)(H,45,57);/q;+1/p-1/t17-,18+,20+,21+,22?,23-,25+,26+,28-,29-,30-,31-,32-;/m0./s1. The fourth-order valence-electron chi connectivity index (χ4n) is 7.67.